The van der Waals surface area contributed by atoms with Gasteiger partial charge in [-0.15, -0.1) is 10.2 Å². The molecule has 0 radical (unpaired) electrons. The average molecular weight is 433 g/mol. The molecule has 0 aliphatic carbocycles. The molecule has 3 heterocycles. The molecule has 2 fully saturated rings. The van der Waals surface area contributed by atoms with Gasteiger partial charge in [0.05, 0.1) is 19.0 Å². The third kappa shape index (κ3) is 4.76. The van der Waals surface area contributed by atoms with Gasteiger partial charge in [0.1, 0.15) is 16.9 Å². The van der Waals surface area contributed by atoms with E-state index in [1.165, 1.54) is 11.3 Å². The number of anilines is 1. The predicted octanol–water partition coefficient (Wildman–Crippen LogP) is 1.75. The largest absolute Gasteiger partial charge is 0.486 e. The molecule has 30 heavy (non-hydrogen) atoms. The zero-order valence-corrected chi connectivity index (χ0v) is 17.7. The summed E-state index contributed by atoms with van der Waals surface area (Å²) in [7, 11) is 0. The summed E-state index contributed by atoms with van der Waals surface area (Å²) < 4.78 is 5.96. The normalized spacial score (nSPS) is 18.5. The number of hydrogen-bond donors (Lipinski definition) is 1. The minimum atomic E-state index is -0.314. The number of hydrogen-bond acceptors (Lipinski definition) is 7. The highest BCUT2D eigenvalue weighted by Gasteiger charge is 2.42. The molecule has 1 aromatic carbocycles. The monoisotopic (exact) mass is 432 g/mol. The van der Waals surface area contributed by atoms with E-state index in [4.69, 9.17) is 14.6 Å². The van der Waals surface area contributed by atoms with Gasteiger partial charge in [-0.05, 0) is 25.0 Å². The molecular weight excluding hydrogens is 408 g/mol. The van der Waals surface area contributed by atoms with E-state index >= 15 is 0 Å². The first-order valence-electron chi connectivity index (χ1n) is 9.68. The lowest BCUT2D eigenvalue weighted by atomic mass is 10.0. The van der Waals surface area contributed by atoms with Crippen LogP contribution in [0.3, 0.4) is 0 Å². The van der Waals surface area contributed by atoms with Crippen molar-refractivity contribution >= 4 is 34.8 Å². The Morgan fingerprint density at radius 2 is 2.00 bits per heavy atom. The first-order chi connectivity index (χ1) is 14.5. The Bertz CT molecular complexity index is 912. The Labute approximate surface area is 178 Å². The van der Waals surface area contributed by atoms with Crippen LogP contribution in [-0.2, 0) is 20.8 Å². The van der Waals surface area contributed by atoms with Crippen molar-refractivity contribution in [3.8, 4) is 5.75 Å². The van der Waals surface area contributed by atoms with E-state index in [0.29, 0.717) is 24.8 Å². The summed E-state index contributed by atoms with van der Waals surface area (Å²) in [6.07, 6.45) is 1.04. The Kier molecular flexibility index (Phi) is 6.99. The van der Waals surface area contributed by atoms with E-state index in [-0.39, 0.29) is 36.7 Å². The summed E-state index contributed by atoms with van der Waals surface area (Å²) in [4.78, 5) is 36.8. The van der Waals surface area contributed by atoms with Crippen molar-refractivity contribution in [2.75, 3.05) is 24.5 Å². The number of aromatic nitrogens is 2. The van der Waals surface area contributed by atoms with Gasteiger partial charge in [-0.25, -0.2) is 0 Å². The van der Waals surface area contributed by atoms with Crippen molar-refractivity contribution in [3.05, 3.63) is 34.8 Å². The van der Waals surface area contributed by atoms with E-state index in [0.717, 1.165) is 22.7 Å². The number of carboxylic acid groups (broad SMARTS) is 1. The molecule has 0 spiro atoms. The summed E-state index contributed by atoms with van der Waals surface area (Å²) in [5.74, 6) is 0.516. The highest BCUT2D eigenvalue weighted by molar-refractivity contribution is 7.15. The fourth-order valence-electron chi connectivity index (χ4n) is 3.37. The van der Waals surface area contributed by atoms with Crippen molar-refractivity contribution in [1.82, 2.24) is 15.1 Å². The number of carbonyl (C=O) groups excluding carboxylic acids is 2. The van der Waals surface area contributed by atoms with Gasteiger partial charge in [0.15, 0.2) is 0 Å². The number of carbonyl (C=O) groups is 3. The Balaban J connectivity index is 0.000000806. The highest BCUT2D eigenvalue weighted by atomic mass is 32.1. The maximum Gasteiger partial charge on any atom is 0.290 e. The van der Waals surface area contributed by atoms with Gasteiger partial charge in [-0.2, -0.15) is 0 Å². The maximum absolute atomic E-state index is 12.7. The minimum Gasteiger partial charge on any atom is -0.486 e. The molecule has 2 amide bonds. The number of nitrogens with zero attached hydrogens (tertiary/aromatic N) is 4. The molecule has 0 bridgehead atoms. The number of para-hydroxylation sites is 1. The zero-order valence-electron chi connectivity index (χ0n) is 16.9. The number of aryl methyl sites for hydroxylation is 2. The summed E-state index contributed by atoms with van der Waals surface area (Å²) in [6, 6.07) is 7.87. The number of rotatable bonds is 5. The van der Waals surface area contributed by atoms with Crippen molar-refractivity contribution in [3.63, 3.8) is 0 Å². The Morgan fingerprint density at radius 1 is 1.30 bits per heavy atom. The average Bonchev–Trinajstić information content (AvgIpc) is 3.32. The molecule has 1 aromatic heterocycles. The molecule has 1 unspecified atom stereocenters. The molecule has 0 saturated carbocycles. The van der Waals surface area contributed by atoms with Crippen LogP contribution in [0, 0.1) is 12.8 Å². The lowest BCUT2D eigenvalue weighted by molar-refractivity contribution is -0.144. The fraction of sp³-hybridized carbons (Fsp3) is 0.450. The lowest BCUT2D eigenvalue weighted by Crippen LogP contribution is -2.57. The molecular formula is C20H24N4O5S. The van der Waals surface area contributed by atoms with Crippen molar-refractivity contribution < 1.29 is 24.2 Å². The van der Waals surface area contributed by atoms with Gasteiger partial charge in [-0.1, -0.05) is 36.5 Å². The van der Waals surface area contributed by atoms with Crippen molar-refractivity contribution in [2.24, 2.45) is 5.92 Å². The first kappa shape index (κ1) is 21.7. The van der Waals surface area contributed by atoms with Gasteiger partial charge in [0, 0.05) is 13.0 Å². The van der Waals surface area contributed by atoms with Gasteiger partial charge in [0.25, 0.3) is 6.47 Å². The quantitative estimate of drug-likeness (QED) is 0.716. The molecule has 10 heteroatoms. The number of amides is 2. The number of likely N-dealkylation sites (tertiary alicyclic amines) is 1. The highest BCUT2D eigenvalue weighted by Crippen LogP contribution is 2.30. The number of benzene rings is 1. The van der Waals surface area contributed by atoms with Crippen molar-refractivity contribution in [2.45, 2.75) is 32.8 Å². The second-order valence-electron chi connectivity index (χ2n) is 7.09. The fourth-order valence-corrected chi connectivity index (χ4v) is 4.18. The molecule has 9 nitrogen and oxygen atoms in total. The van der Waals surface area contributed by atoms with Gasteiger partial charge in [0.2, 0.25) is 16.9 Å². The topological polar surface area (TPSA) is 113 Å². The SMILES string of the molecule is CCc1nnc(N2CC(C(=O)N3CC(Oc4ccccc4C)C3)CC2=O)s1.O=CO. The Morgan fingerprint density at radius 3 is 2.63 bits per heavy atom. The second-order valence-corrected chi connectivity index (χ2v) is 8.13. The second kappa shape index (κ2) is 9.66. The third-order valence-corrected chi connectivity index (χ3v) is 6.10. The lowest BCUT2D eigenvalue weighted by Gasteiger charge is -2.40. The predicted molar refractivity (Wildman–Crippen MR) is 111 cm³/mol. The van der Waals surface area contributed by atoms with Crippen LogP contribution in [0.4, 0.5) is 5.13 Å². The van der Waals surface area contributed by atoms with E-state index < -0.39 is 0 Å². The number of ether oxygens (including phenoxy) is 1. The van der Waals surface area contributed by atoms with Gasteiger partial charge in [-0.3, -0.25) is 19.3 Å². The van der Waals surface area contributed by atoms with Crippen molar-refractivity contribution in [1.29, 1.82) is 0 Å². The van der Waals surface area contributed by atoms with Crippen LogP contribution in [0.2, 0.25) is 0 Å². The smallest absolute Gasteiger partial charge is 0.290 e. The van der Waals surface area contributed by atoms with Crippen LogP contribution in [0.25, 0.3) is 0 Å². The summed E-state index contributed by atoms with van der Waals surface area (Å²) in [5.41, 5.74) is 1.09. The van der Waals surface area contributed by atoms with E-state index in [1.807, 2.05) is 38.1 Å². The molecule has 2 aliphatic rings. The van der Waals surface area contributed by atoms with Crippen LogP contribution in [0.15, 0.2) is 24.3 Å². The van der Waals surface area contributed by atoms with Crippen LogP contribution in [-0.4, -0.2) is 64.2 Å². The molecule has 1 atom stereocenters. The molecule has 2 aliphatic heterocycles. The molecule has 4 rings (SSSR count). The van der Waals surface area contributed by atoms with E-state index in [9.17, 15) is 9.59 Å². The summed E-state index contributed by atoms with van der Waals surface area (Å²) >= 11 is 1.42. The zero-order chi connectivity index (χ0) is 21.7. The standard InChI is InChI=1S/C19H22N4O3S.CH2O2/c1-3-16-20-21-19(27-16)23-9-13(8-17(23)24)18(25)22-10-14(11-22)26-15-7-5-4-6-12(15)2;2-1-3/h4-7,13-14H,3,8-11H2,1-2H3;1H,(H,2,3). The minimum absolute atomic E-state index is 0.0125. The first-order valence-corrected chi connectivity index (χ1v) is 10.5. The van der Waals surface area contributed by atoms with Crippen LogP contribution < -0.4 is 9.64 Å². The summed E-state index contributed by atoms with van der Waals surface area (Å²) in [5, 5.41) is 16.5. The summed E-state index contributed by atoms with van der Waals surface area (Å²) in [6.45, 7) is 5.28. The molecule has 1 N–H and O–H groups in total. The van der Waals surface area contributed by atoms with E-state index in [1.54, 1.807) is 9.80 Å². The molecule has 2 saturated heterocycles. The van der Waals surface area contributed by atoms with E-state index in [2.05, 4.69) is 10.2 Å². The van der Waals surface area contributed by atoms with Gasteiger partial charge >= 0.3 is 0 Å². The van der Waals surface area contributed by atoms with Crippen LogP contribution >= 0.6 is 11.3 Å². The van der Waals surface area contributed by atoms with Crippen LogP contribution in [0.5, 0.6) is 5.75 Å². The van der Waals surface area contributed by atoms with Gasteiger partial charge < -0.3 is 14.7 Å². The van der Waals surface area contributed by atoms with Crippen LogP contribution in [0.1, 0.15) is 23.9 Å². The molecule has 160 valence electrons. The third-order valence-electron chi connectivity index (χ3n) is 5.01. The maximum atomic E-state index is 12.7. The molecule has 2 aromatic rings. The Hall–Kier alpha value is -3.01.